The van der Waals surface area contributed by atoms with Crippen molar-refractivity contribution in [1.29, 1.82) is 0 Å². The van der Waals surface area contributed by atoms with Crippen LogP contribution >= 0.6 is 11.3 Å². The Morgan fingerprint density at radius 1 is 1.00 bits per heavy atom. The number of fused-ring (bicyclic) bond motifs is 1. The third-order valence-electron chi connectivity index (χ3n) is 3.51. The second kappa shape index (κ2) is 4.64. The molecule has 1 aliphatic heterocycles. The number of nitrogens with one attached hydrogen (secondary N) is 1. The van der Waals surface area contributed by atoms with Crippen molar-refractivity contribution < 1.29 is 8.42 Å². The minimum atomic E-state index is -3.50. The molecule has 1 aliphatic rings. The molecular formula is C15H12N2O2S2. The van der Waals surface area contributed by atoms with E-state index in [1.165, 1.54) is 4.41 Å². The van der Waals surface area contributed by atoms with Crippen molar-refractivity contribution in [2.24, 2.45) is 0 Å². The lowest BCUT2D eigenvalue weighted by molar-refractivity contribution is 0.548. The minimum absolute atomic E-state index is 0.235. The van der Waals surface area contributed by atoms with E-state index >= 15 is 0 Å². The zero-order valence-corrected chi connectivity index (χ0v) is 12.6. The molecule has 0 aliphatic carbocycles. The number of rotatable bonds is 3. The molecule has 2 unspecified atom stereocenters. The fourth-order valence-electron chi connectivity index (χ4n) is 2.36. The highest BCUT2D eigenvalue weighted by atomic mass is 32.2. The zero-order valence-electron chi connectivity index (χ0n) is 10.9. The third kappa shape index (κ3) is 2.16. The van der Waals surface area contributed by atoms with Crippen LogP contribution in [0.3, 0.4) is 0 Å². The first-order chi connectivity index (χ1) is 10.2. The molecule has 1 N–H and O–H groups in total. The topological polar surface area (TPSA) is 59.1 Å². The van der Waals surface area contributed by atoms with E-state index in [0.29, 0.717) is 4.90 Å². The van der Waals surface area contributed by atoms with Gasteiger partial charge in [0.05, 0.1) is 4.90 Å². The SMILES string of the molecule is O=S(=O)(c1ccc2ccccc2c1)N1NC1c1cccs1. The summed E-state index contributed by atoms with van der Waals surface area (Å²) in [6.07, 6.45) is -0.235. The van der Waals surface area contributed by atoms with E-state index in [9.17, 15) is 8.42 Å². The molecule has 1 fully saturated rings. The van der Waals surface area contributed by atoms with Gasteiger partial charge in [-0.25, -0.2) is 13.8 Å². The van der Waals surface area contributed by atoms with Crippen LogP contribution in [-0.2, 0) is 10.0 Å². The van der Waals surface area contributed by atoms with Crippen molar-refractivity contribution in [3.8, 4) is 0 Å². The van der Waals surface area contributed by atoms with Crippen molar-refractivity contribution in [3.05, 3.63) is 64.9 Å². The molecule has 2 heterocycles. The Morgan fingerprint density at radius 2 is 1.81 bits per heavy atom. The number of hydrogen-bond acceptors (Lipinski definition) is 4. The molecule has 21 heavy (non-hydrogen) atoms. The summed E-state index contributed by atoms with van der Waals surface area (Å²) in [6, 6.07) is 16.8. The monoisotopic (exact) mass is 316 g/mol. The van der Waals surface area contributed by atoms with Gasteiger partial charge in [0, 0.05) is 4.88 Å². The maximum absolute atomic E-state index is 12.6. The summed E-state index contributed by atoms with van der Waals surface area (Å²) in [6.45, 7) is 0. The highest BCUT2D eigenvalue weighted by Gasteiger charge is 2.46. The van der Waals surface area contributed by atoms with Gasteiger partial charge in [0.25, 0.3) is 10.0 Å². The van der Waals surface area contributed by atoms with Gasteiger partial charge in [-0.2, -0.15) is 0 Å². The summed E-state index contributed by atoms with van der Waals surface area (Å²) >= 11 is 1.54. The Balaban J connectivity index is 1.71. The Kier molecular flexibility index (Phi) is 2.87. The molecule has 0 saturated carbocycles. The normalized spacial score (nSPS) is 21.5. The number of thiophene rings is 1. The van der Waals surface area contributed by atoms with Gasteiger partial charge in [-0.05, 0) is 34.4 Å². The average molecular weight is 316 g/mol. The van der Waals surface area contributed by atoms with Crippen LogP contribution in [0, 0.1) is 0 Å². The zero-order chi connectivity index (χ0) is 14.4. The smallest absolute Gasteiger partial charge is 0.215 e. The van der Waals surface area contributed by atoms with Crippen LogP contribution in [0.25, 0.3) is 10.8 Å². The van der Waals surface area contributed by atoms with Crippen LogP contribution in [0.1, 0.15) is 11.0 Å². The van der Waals surface area contributed by atoms with Crippen LogP contribution in [0.5, 0.6) is 0 Å². The molecule has 6 heteroatoms. The molecule has 0 radical (unpaired) electrons. The van der Waals surface area contributed by atoms with Crippen LogP contribution in [-0.4, -0.2) is 12.8 Å². The van der Waals surface area contributed by atoms with E-state index in [4.69, 9.17) is 0 Å². The van der Waals surface area contributed by atoms with E-state index < -0.39 is 10.0 Å². The Morgan fingerprint density at radius 3 is 2.57 bits per heavy atom. The van der Waals surface area contributed by atoms with E-state index in [1.54, 1.807) is 23.5 Å². The highest BCUT2D eigenvalue weighted by molar-refractivity contribution is 7.89. The molecule has 3 aromatic rings. The molecule has 4 nitrogen and oxygen atoms in total. The predicted molar refractivity (Wildman–Crippen MR) is 83.2 cm³/mol. The van der Waals surface area contributed by atoms with Crippen molar-refractivity contribution in [3.63, 3.8) is 0 Å². The van der Waals surface area contributed by atoms with E-state index in [1.807, 2.05) is 47.8 Å². The average Bonchev–Trinajstić information content (AvgIpc) is 3.14. The molecule has 0 bridgehead atoms. The summed E-state index contributed by atoms with van der Waals surface area (Å²) in [7, 11) is -3.50. The quantitative estimate of drug-likeness (QED) is 0.755. The highest BCUT2D eigenvalue weighted by Crippen LogP contribution is 2.37. The number of benzene rings is 2. The van der Waals surface area contributed by atoms with Crippen LogP contribution < -0.4 is 5.43 Å². The number of hydrogen-bond donors (Lipinski definition) is 1. The van der Waals surface area contributed by atoms with Gasteiger partial charge in [0.15, 0.2) is 0 Å². The lowest BCUT2D eigenvalue weighted by Gasteiger charge is -2.05. The molecule has 1 aromatic heterocycles. The van der Waals surface area contributed by atoms with E-state index in [0.717, 1.165) is 15.6 Å². The number of nitrogens with zero attached hydrogens (tertiary/aromatic N) is 1. The second-order valence-corrected chi connectivity index (χ2v) is 7.65. The van der Waals surface area contributed by atoms with Gasteiger partial charge in [-0.1, -0.05) is 36.4 Å². The maximum atomic E-state index is 12.6. The summed E-state index contributed by atoms with van der Waals surface area (Å²) in [5.74, 6) is 0. The van der Waals surface area contributed by atoms with Gasteiger partial charge >= 0.3 is 0 Å². The third-order valence-corrected chi connectivity index (χ3v) is 6.12. The fourth-order valence-corrected chi connectivity index (χ4v) is 4.56. The molecular weight excluding hydrogens is 304 g/mol. The first-order valence-electron chi connectivity index (χ1n) is 6.49. The summed E-state index contributed by atoms with van der Waals surface area (Å²) in [5.41, 5.74) is 2.91. The molecule has 0 amide bonds. The molecule has 0 spiro atoms. The predicted octanol–water partition coefficient (Wildman–Crippen LogP) is 3.11. The lowest BCUT2D eigenvalue weighted by Crippen LogP contribution is -2.14. The van der Waals surface area contributed by atoms with Crippen molar-refractivity contribution >= 4 is 32.1 Å². The van der Waals surface area contributed by atoms with Gasteiger partial charge in [0.2, 0.25) is 0 Å². The first-order valence-corrected chi connectivity index (χ1v) is 8.81. The van der Waals surface area contributed by atoms with Gasteiger partial charge in [-0.15, -0.1) is 15.8 Å². The number of sulfonamides is 1. The van der Waals surface area contributed by atoms with Gasteiger partial charge in [0.1, 0.15) is 6.17 Å². The molecule has 2 aromatic carbocycles. The fraction of sp³-hybridized carbons (Fsp3) is 0.0667. The molecule has 1 saturated heterocycles. The van der Waals surface area contributed by atoms with Crippen LogP contribution in [0.2, 0.25) is 0 Å². The number of hydrazine groups is 1. The Hall–Kier alpha value is -1.73. The first kappa shape index (κ1) is 13.0. The van der Waals surface area contributed by atoms with E-state index in [-0.39, 0.29) is 6.17 Å². The minimum Gasteiger partial charge on any atom is -0.215 e. The standard InChI is InChI=1S/C15H12N2O2S2/c18-21(19,17-15(16-17)14-6-3-9-20-14)13-8-7-11-4-1-2-5-12(11)10-13/h1-10,15-16H. The second-order valence-electron chi connectivity index (χ2n) is 4.86. The van der Waals surface area contributed by atoms with Crippen LogP contribution in [0.15, 0.2) is 64.9 Å². The van der Waals surface area contributed by atoms with Crippen molar-refractivity contribution in [1.82, 2.24) is 9.84 Å². The van der Waals surface area contributed by atoms with E-state index in [2.05, 4.69) is 5.43 Å². The largest absolute Gasteiger partial charge is 0.257 e. The summed E-state index contributed by atoms with van der Waals surface area (Å²) < 4.78 is 26.5. The maximum Gasteiger partial charge on any atom is 0.257 e. The van der Waals surface area contributed by atoms with Gasteiger partial charge in [-0.3, -0.25) is 0 Å². The molecule has 2 atom stereocenters. The Labute approximate surface area is 126 Å². The molecule has 4 rings (SSSR count). The van der Waals surface area contributed by atoms with Crippen molar-refractivity contribution in [2.75, 3.05) is 0 Å². The van der Waals surface area contributed by atoms with Crippen molar-refractivity contribution in [2.45, 2.75) is 11.1 Å². The van der Waals surface area contributed by atoms with Gasteiger partial charge < -0.3 is 0 Å². The summed E-state index contributed by atoms with van der Waals surface area (Å²) in [4.78, 5) is 1.31. The van der Waals surface area contributed by atoms with Crippen LogP contribution in [0.4, 0.5) is 0 Å². The Bertz CT molecular complexity index is 904. The molecule has 106 valence electrons. The summed E-state index contributed by atoms with van der Waals surface area (Å²) in [5, 5.41) is 3.90. The lowest BCUT2D eigenvalue weighted by atomic mass is 10.1.